The average molecular weight is 246 g/mol. The molecule has 6 nitrogen and oxygen atoms in total. The molecule has 2 rings (SSSR count). The lowest BCUT2D eigenvalue weighted by Crippen LogP contribution is -2.14. The number of hydrogen-bond donors (Lipinski definition) is 2. The summed E-state index contributed by atoms with van der Waals surface area (Å²) >= 11 is 0. The van der Waals surface area contributed by atoms with E-state index in [1.165, 1.54) is 0 Å². The molecule has 0 bridgehead atoms. The van der Waals surface area contributed by atoms with Crippen molar-refractivity contribution in [3.63, 3.8) is 0 Å². The number of hydrogen-bond acceptors (Lipinski definition) is 5. The Morgan fingerprint density at radius 2 is 2.28 bits per heavy atom. The zero-order valence-corrected chi connectivity index (χ0v) is 10.2. The number of carbonyl (C=O) groups is 1. The molecule has 0 aliphatic carbocycles. The number of rotatable bonds is 4. The van der Waals surface area contributed by atoms with Gasteiger partial charge in [0.1, 0.15) is 11.5 Å². The molecule has 1 amide bonds. The molecule has 6 heteroatoms. The quantitative estimate of drug-likeness (QED) is 0.863. The van der Waals surface area contributed by atoms with Crippen LogP contribution >= 0.6 is 0 Å². The first-order valence-corrected chi connectivity index (χ1v) is 5.63. The minimum Gasteiger partial charge on any atom is -0.385 e. The lowest BCUT2D eigenvalue weighted by atomic mass is 10.3. The van der Waals surface area contributed by atoms with E-state index in [9.17, 15) is 4.79 Å². The van der Waals surface area contributed by atoms with Crippen molar-refractivity contribution in [1.82, 2.24) is 10.1 Å². The molecule has 0 radical (unpaired) electrons. The minimum absolute atomic E-state index is 0.317. The van der Waals surface area contributed by atoms with Gasteiger partial charge in [-0.25, -0.2) is 0 Å². The van der Waals surface area contributed by atoms with Crippen LogP contribution in [-0.2, 0) is 0 Å². The normalized spacial score (nSPS) is 10.1. The highest BCUT2D eigenvalue weighted by atomic mass is 16.5. The van der Waals surface area contributed by atoms with Gasteiger partial charge in [0, 0.05) is 24.5 Å². The molecule has 0 saturated carbocycles. The van der Waals surface area contributed by atoms with Gasteiger partial charge in [-0.1, -0.05) is 5.16 Å². The molecule has 18 heavy (non-hydrogen) atoms. The van der Waals surface area contributed by atoms with Crippen LogP contribution in [0.3, 0.4) is 0 Å². The number of nitrogens with zero attached hydrogens (tertiary/aromatic N) is 2. The summed E-state index contributed by atoms with van der Waals surface area (Å²) in [6.07, 6.45) is 1.58. The summed E-state index contributed by atoms with van der Waals surface area (Å²) in [5, 5.41) is 9.42. The topological polar surface area (TPSA) is 80.0 Å². The van der Waals surface area contributed by atoms with Gasteiger partial charge in [0.2, 0.25) is 0 Å². The third-order valence-electron chi connectivity index (χ3n) is 2.24. The van der Waals surface area contributed by atoms with Crippen molar-refractivity contribution in [1.29, 1.82) is 0 Å². The highest BCUT2D eigenvalue weighted by Gasteiger charge is 2.10. The van der Waals surface area contributed by atoms with Crippen LogP contribution in [0.5, 0.6) is 0 Å². The molecule has 0 aliphatic heterocycles. The summed E-state index contributed by atoms with van der Waals surface area (Å²) in [6, 6.07) is 5.14. The SMILES string of the molecule is CCNc1ccnc(C(=O)Nc2cc(C)on2)c1. The van der Waals surface area contributed by atoms with Gasteiger partial charge < -0.3 is 15.2 Å². The van der Waals surface area contributed by atoms with Gasteiger partial charge in [-0.3, -0.25) is 9.78 Å². The Morgan fingerprint density at radius 1 is 1.44 bits per heavy atom. The second-order valence-corrected chi connectivity index (χ2v) is 3.74. The maximum Gasteiger partial charge on any atom is 0.275 e. The third kappa shape index (κ3) is 2.85. The van der Waals surface area contributed by atoms with Gasteiger partial charge in [0.15, 0.2) is 5.82 Å². The van der Waals surface area contributed by atoms with Crippen LogP contribution in [-0.4, -0.2) is 22.6 Å². The largest absolute Gasteiger partial charge is 0.385 e. The lowest BCUT2D eigenvalue weighted by Gasteiger charge is -2.05. The summed E-state index contributed by atoms with van der Waals surface area (Å²) in [6.45, 7) is 4.53. The molecule has 2 aromatic heterocycles. The van der Waals surface area contributed by atoms with Crippen LogP contribution in [0.4, 0.5) is 11.5 Å². The molecular weight excluding hydrogens is 232 g/mol. The number of aromatic nitrogens is 2. The molecular formula is C12H14N4O2. The first-order chi connectivity index (χ1) is 8.69. The molecule has 94 valence electrons. The van der Waals surface area contributed by atoms with Gasteiger partial charge in [-0.15, -0.1) is 0 Å². The van der Waals surface area contributed by atoms with Crippen LogP contribution < -0.4 is 10.6 Å². The molecule has 0 unspecified atom stereocenters. The number of anilines is 2. The monoisotopic (exact) mass is 246 g/mol. The highest BCUT2D eigenvalue weighted by Crippen LogP contribution is 2.11. The van der Waals surface area contributed by atoms with E-state index in [1.54, 1.807) is 31.3 Å². The molecule has 0 atom stereocenters. The molecule has 0 saturated heterocycles. The first-order valence-electron chi connectivity index (χ1n) is 5.63. The predicted octanol–water partition coefficient (Wildman–Crippen LogP) is 2.06. The summed E-state index contributed by atoms with van der Waals surface area (Å²) < 4.78 is 4.87. The smallest absolute Gasteiger partial charge is 0.275 e. The maximum atomic E-state index is 11.9. The first kappa shape index (κ1) is 12.1. The summed E-state index contributed by atoms with van der Waals surface area (Å²) in [7, 11) is 0. The molecule has 2 heterocycles. The lowest BCUT2D eigenvalue weighted by molar-refractivity contribution is 0.102. The van der Waals surface area contributed by atoms with Crippen LogP contribution in [0.2, 0.25) is 0 Å². The Kier molecular flexibility index (Phi) is 3.57. The molecule has 0 aliphatic rings. The number of aryl methyl sites for hydroxylation is 1. The Balaban J connectivity index is 2.11. The second-order valence-electron chi connectivity index (χ2n) is 3.74. The maximum absolute atomic E-state index is 11.9. The van der Waals surface area contributed by atoms with Crippen LogP contribution in [0.1, 0.15) is 23.2 Å². The second kappa shape index (κ2) is 5.31. The Hall–Kier alpha value is -2.37. The highest BCUT2D eigenvalue weighted by molar-refractivity contribution is 6.02. The predicted molar refractivity (Wildman–Crippen MR) is 67.6 cm³/mol. The fourth-order valence-electron chi connectivity index (χ4n) is 1.47. The third-order valence-corrected chi connectivity index (χ3v) is 2.24. The van der Waals surface area contributed by atoms with E-state index >= 15 is 0 Å². The van der Waals surface area contributed by atoms with Crippen molar-refractivity contribution in [2.45, 2.75) is 13.8 Å². The summed E-state index contributed by atoms with van der Waals surface area (Å²) in [4.78, 5) is 15.9. The zero-order chi connectivity index (χ0) is 13.0. The average Bonchev–Trinajstić information content (AvgIpc) is 2.75. The molecule has 0 spiro atoms. The Bertz CT molecular complexity index is 551. The molecule has 0 fully saturated rings. The van der Waals surface area contributed by atoms with E-state index in [0.29, 0.717) is 17.3 Å². The van der Waals surface area contributed by atoms with E-state index < -0.39 is 0 Å². The minimum atomic E-state index is -0.317. The van der Waals surface area contributed by atoms with Crippen LogP contribution in [0.25, 0.3) is 0 Å². The van der Waals surface area contributed by atoms with Gasteiger partial charge in [-0.05, 0) is 26.0 Å². The summed E-state index contributed by atoms with van der Waals surface area (Å²) in [5.74, 6) is 0.705. The van der Waals surface area contributed by atoms with E-state index in [-0.39, 0.29) is 5.91 Å². The van der Waals surface area contributed by atoms with Crippen LogP contribution in [0, 0.1) is 6.92 Å². The zero-order valence-electron chi connectivity index (χ0n) is 10.2. The number of carbonyl (C=O) groups excluding carboxylic acids is 1. The molecule has 0 aromatic carbocycles. The van der Waals surface area contributed by atoms with Gasteiger partial charge in [0.25, 0.3) is 5.91 Å². The van der Waals surface area contributed by atoms with E-state index in [2.05, 4.69) is 20.8 Å². The van der Waals surface area contributed by atoms with Crippen molar-refractivity contribution in [3.05, 3.63) is 35.9 Å². The fraction of sp³-hybridized carbons (Fsp3) is 0.250. The van der Waals surface area contributed by atoms with Crippen molar-refractivity contribution in [3.8, 4) is 0 Å². The molecule has 2 aromatic rings. The Labute approximate surface area is 104 Å². The summed E-state index contributed by atoms with van der Waals surface area (Å²) in [5.41, 5.74) is 1.18. The number of nitrogens with one attached hydrogen (secondary N) is 2. The van der Waals surface area contributed by atoms with E-state index in [0.717, 1.165) is 12.2 Å². The van der Waals surface area contributed by atoms with Crippen molar-refractivity contribution in [2.24, 2.45) is 0 Å². The number of amides is 1. The Morgan fingerprint density at radius 3 is 2.94 bits per heavy atom. The van der Waals surface area contributed by atoms with E-state index in [4.69, 9.17) is 4.52 Å². The van der Waals surface area contributed by atoms with Gasteiger partial charge in [-0.2, -0.15) is 0 Å². The van der Waals surface area contributed by atoms with Crippen molar-refractivity contribution in [2.75, 3.05) is 17.2 Å². The number of pyridine rings is 1. The standard InChI is InChI=1S/C12H14N4O2/c1-3-13-9-4-5-14-10(7-9)12(17)15-11-6-8(2)18-16-11/h4-7H,3H2,1-2H3,(H,13,14)(H,15,16,17). The van der Waals surface area contributed by atoms with Crippen molar-refractivity contribution >= 4 is 17.4 Å². The van der Waals surface area contributed by atoms with Crippen LogP contribution in [0.15, 0.2) is 28.9 Å². The van der Waals surface area contributed by atoms with E-state index in [1.807, 2.05) is 6.92 Å². The van der Waals surface area contributed by atoms with Gasteiger partial charge >= 0.3 is 0 Å². The van der Waals surface area contributed by atoms with Crippen molar-refractivity contribution < 1.29 is 9.32 Å². The van der Waals surface area contributed by atoms with Gasteiger partial charge in [0.05, 0.1) is 0 Å². The fourth-order valence-corrected chi connectivity index (χ4v) is 1.47. The molecule has 2 N–H and O–H groups in total.